The molecule has 0 amide bonds. The summed E-state index contributed by atoms with van der Waals surface area (Å²) in [6.45, 7) is 6.04. The van der Waals surface area contributed by atoms with Gasteiger partial charge in [-0.1, -0.05) is 6.92 Å². The number of esters is 1. The van der Waals surface area contributed by atoms with E-state index in [9.17, 15) is 9.18 Å². The Morgan fingerprint density at radius 1 is 1.48 bits per heavy atom. The summed E-state index contributed by atoms with van der Waals surface area (Å²) in [7, 11) is 0. The molecule has 0 atom stereocenters. The summed E-state index contributed by atoms with van der Waals surface area (Å²) in [6.07, 6.45) is 1.47. The summed E-state index contributed by atoms with van der Waals surface area (Å²) in [5.74, 6) is -0.842. The van der Waals surface area contributed by atoms with Crippen LogP contribution in [0.4, 0.5) is 10.1 Å². The monoisotopic (exact) mass is 318 g/mol. The SMILES string of the molecule is CCOC(=O)c1cnc2ccc(F)cc2c1NCC1(C)COC1. The predicted octanol–water partition coefficient (Wildman–Crippen LogP) is 3.00. The topological polar surface area (TPSA) is 60.5 Å². The zero-order valence-electron chi connectivity index (χ0n) is 13.2. The Morgan fingerprint density at radius 3 is 2.91 bits per heavy atom. The lowest BCUT2D eigenvalue weighted by atomic mass is 9.88. The normalized spacial score (nSPS) is 16.0. The average Bonchev–Trinajstić information content (AvgIpc) is 2.50. The van der Waals surface area contributed by atoms with Crippen LogP contribution in [0.15, 0.2) is 24.4 Å². The van der Waals surface area contributed by atoms with Gasteiger partial charge in [-0.2, -0.15) is 0 Å². The van der Waals surface area contributed by atoms with Gasteiger partial charge in [0, 0.05) is 23.5 Å². The van der Waals surface area contributed by atoms with Crippen molar-refractivity contribution in [1.29, 1.82) is 0 Å². The van der Waals surface area contributed by atoms with Gasteiger partial charge in [0.1, 0.15) is 11.4 Å². The van der Waals surface area contributed by atoms with Crippen molar-refractivity contribution in [3.8, 4) is 0 Å². The van der Waals surface area contributed by atoms with Crippen LogP contribution >= 0.6 is 0 Å². The van der Waals surface area contributed by atoms with E-state index in [2.05, 4.69) is 17.2 Å². The van der Waals surface area contributed by atoms with Gasteiger partial charge in [-0.25, -0.2) is 9.18 Å². The van der Waals surface area contributed by atoms with E-state index in [4.69, 9.17) is 9.47 Å². The first-order chi connectivity index (χ1) is 11.0. The minimum atomic E-state index is -0.469. The third-order valence-electron chi connectivity index (χ3n) is 3.92. The summed E-state index contributed by atoms with van der Waals surface area (Å²) in [4.78, 5) is 16.4. The zero-order valence-corrected chi connectivity index (χ0v) is 13.2. The van der Waals surface area contributed by atoms with Gasteiger partial charge < -0.3 is 14.8 Å². The van der Waals surface area contributed by atoms with E-state index < -0.39 is 5.97 Å². The third kappa shape index (κ3) is 3.12. The number of pyridine rings is 1. The van der Waals surface area contributed by atoms with Crippen molar-refractivity contribution in [1.82, 2.24) is 4.98 Å². The van der Waals surface area contributed by atoms with Crippen LogP contribution in [0.25, 0.3) is 10.9 Å². The van der Waals surface area contributed by atoms with E-state index in [1.54, 1.807) is 13.0 Å². The number of ether oxygens (including phenoxy) is 2. The molecular weight excluding hydrogens is 299 g/mol. The van der Waals surface area contributed by atoms with E-state index in [-0.39, 0.29) is 17.8 Å². The smallest absolute Gasteiger partial charge is 0.341 e. The quantitative estimate of drug-likeness (QED) is 0.859. The van der Waals surface area contributed by atoms with Crippen molar-refractivity contribution in [2.24, 2.45) is 5.41 Å². The Morgan fingerprint density at radius 2 is 2.26 bits per heavy atom. The van der Waals surface area contributed by atoms with Crippen molar-refractivity contribution >= 4 is 22.6 Å². The Hall–Kier alpha value is -2.21. The maximum Gasteiger partial charge on any atom is 0.341 e. The first-order valence-electron chi connectivity index (χ1n) is 7.59. The number of nitrogens with one attached hydrogen (secondary N) is 1. The van der Waals surface area contributed by atoms with Gasteiger partial charge in [0.25, 0.3) is 0 Å². The molecular formula is C17H19FN2O3. The van der Waals surface area contributed by atoms with Crippen molar-refractivity contribution in [3.63, 3.8) is 0 Å². The molecule has 1 N–H and O–H groups in total. The summed E-state index contributed by atoms with van der Waals surface area (Å²) in [5.41, 5.74) is 1.50. The maximum atomic E-state index is 13.7. The Bertz CT molecular complexity index is 744. The molecule has 0 bridgehead atoms. The van der Waals surface area contributed by atoms with Crippen LogP contribution in [0.5, 0.6) is 0 Å². The lowest BCUT2D eigenvalue weighted by molar-refractivity contribution is -0.0924. The molecule has 5 nitrogen and oxygen atoms in total. The fraction of sp³-hybridized carbons (Fsp3) is 0.412. The van der Waals surface area contributed by atoms with Crippen LogP contribution in [0, 0.1) is 11.2 Å². The average molecular weight is 318 g/mol. The maximum absolute atomic E-state index is 13.7. The third-order valence-corrected chi connectivity index (χ3v) is 3.92. The van der Waals surface area contributed by atoms with E-state index in [1.807, 2.05) is 0 Å². The molecule has 1 fully saturated rings. The highest BCUT2D eigenvalue weighted by Crippen LogP contribution is 2.31. The number of aromatic nitrogens is 1. The molecule has 1 saturated heterocycles. The molecule has 0 saturated carbocycles. The number of anilines is 1. The van der Waals surface area contributed by atoms with E-state index in [0.717, 1.165) is 0 Å². The standard InChI is InChI=1S/C17H19FN2O3/c1-3-23-16(21)13-7-19-14-5-4-11(18)6-12(14)15(13)20-8-17(2)9-22-10-17/h4-7H,3,8-10H2,1-2H3,(H,19,20). The van der Waals surface area contributed by atoms with Gasteiger partial charge in [-0.15, -0.1) is 0 Å². The van der Waals surface area contributed by atoms with Gasteiger partial charge in [-0.3, -0.25) is 4.98 Å². The number of hydrogen-bond donors (Lipinski definition) is 1. The number of halogens is 1. The predicted molar refractivity (Wildman–Crippen MR) is 85.1 cm³/mol. The van der Waals surface area contributed by atoms with Crippen molar-refractivity contribution < 1.29 is 18.7 Å². The van der Waals surface area contributed by atoms with Gasteiger partial charge in [-0.05, 0) is 25.1 Å². The number of fused-ring (bicyclic) bond motifs is 1. The zero-order chi connectivity index (χ0) is 16.4. The lowest BCUT2D eigenvalue weighted by Gasteiger charge is -2.38. The first-order valence-corrected chi connectivity index (χ1v) is 7.59. The molecule has 1 aromatic heterocycles. The van der Waals surface area contributed by atoms with Crippen LogP contribution in [-0.4, -0.2) is 37.3 Å². The Labute approximate surface area is 133 Å². The largest absolute Gasteiger partial charge is 0.462 e. The van der Waals surface area contributed by atoms with Crippen LogP contribution in [0.2, 0.25) is 0 Å². The highest BCUT2D eigenvalue weighted by atomic mass is 19.1. The molecule has 0 radical (unpaired) electrons. The molecule has 1 aromatic carbocycles. The molecule has 0 unspecified atom stereocenters. The summed E-state index contributed by atoms with van der Waals surface area (Å²) in [6, 6.07) is 4.33. The van der Waals surface area contributed by atoms with Crippen molar-refractivity contribution in [3.05, 3.63) is 35.8 Å². The van der Waals surface area contributed by atoms with Crippen molar-refractivity contribution in [2.45, 2.75) is 13.8 Å². The number of rotatable bonds is 5. The second kappa shape index (κ2) is 6.12. The van der Waals surface area contributed by atoms with Crippen LogP contribution < -0.4 is 5.32 Å². The number of hydrogen-bond acceptors (Lipinski definition) is 5. The minimum Gasteiger partial charge on any atom is -0.462 e. The summed E-state index contributed by atoms with van der Waals surface area (Å²) in [5, 5.41) is 3.85. The number of benzene rings is 1. The first kappa shape index (κ1) is 15.7. The molecule has 6 heteroatoms. The second-order valence-corrected chi connectivity index (χ2v) is 6.09. The van der Waals surface area contributed by atoms with Crippen LogP contribution in [0.1, 0.15) is 24.2 Å². The molecule has 0 aliphatic carbocycles. The van der Waals surface area contributed by atoms with Gasteiger partial charge in [0.15, 0.2) is 0 Å². The molecule has 23 heavy (non-hydrogen) atoms. The molecule has 1 aliphatic heterocycles. The van der Waals surface area contributed by atoms with Gasteiger partial charge in [0.2, 0.25) is 0 Å². The molecule has 2 heterocycles. The van der Waals surface area contributed by atoms with Gasteiger partial charge in [0.05, 0.1) is 31.0 Å². The van der Waals surface area contributed by atoms with E-state index in [0.29, 0.717) is 41.9 Å². The minimum absolute atomic E-state index is 0.00878. The fourth-order valence-electron chi connectivity index (χ4n) is 2.57. The second-order valence-electron chi connectivity index (χ2n) is 6.09. The van der Waals surface area contributed by atoms with Crippen molar-refractivity contribution in [2.75, 3.05) is 31.7 Å². The van der Waals surface area contributed by atoms with Crippen LogP contribution in [-0.2, 0) is 9.47 Å². The highest BCUT2D eigenvalue weighted by molar-refractivity contribution is 6.04. The summed E-state index contributed by atoms with van der Waals surface area (Å²) < 4.78 is 24.0. The van der Waals surface area contributed by atoms with Gasteiger partial charge >= 0.3 is 5.97 Å². The molecule has 0 spiro atoms. The Balaban J connectivity index is 2.02. The molecule has 1 aliphatic rings. The molecule has 2 aromatic rings. The molecule has 3 rings (SSSR count). The number of carbonyl (C=O) groups is 1. The van der Waals surface area contributed by atoms with E-state index >= 15 is 0 Å². The molecule has 122 valence electrons. The highest BCUT2D eigenvalue weighted by Gasteiger charge is 2.33. The van der Waals surface area contributed by atoms with Crippen LogP contribution in [0.3, 0.4) is 0 Å². The summed E-state index contributed by atoms with van der Waals surface area (Å²) >= 11 is 0. The Kier molecular flexibility index (Phi) is 4.17. The number of nitrogens with zero attached hydrogens (tertiary/aromatic N) is 1. The number of carbonyl (C=O) groups excluding carboxylic acids is 1. The fourth-order valence-corrected chi connectivity index (χ4v) is 2.57. The lowest BCUT2D eigenvalue weighted by Crippen LogP contribution is -2.45. The van der Waals surface area contributed by atoms with E-state index in [1.165, 1.54) is 18.3 Å².